The largest absolute Gasteiger partial charge is 0.443 e. The summed E-state index contributed by atoms with van der Waals surface area (Å²) in [6, 6.07) is 0. The van der Waals surface area contributed by atoms with Crippen LogP contribution in [0.5, 0.6) is 0 Å². The minimum Gasteiger partial charge on any atom is -0.443 e. The van der Waals surface area contributed by atoms with Crippen molar-refractivity contribution in [2.45, 2.75) is 32.5 Å². The van der Waals surface area contributed by atoms with Crippen LogP contribution in [0.4, 0.5) is 10.5 Å². The van der Waals surface area contributed by atoms with Crippen LogP contribution in [0.1, 0.15) is 20.8 Å². The van der Waals surface area contributed by atoms with Crippen molar-refractivity contribution in [3.63, 3.8) is 0 Å². The average molecular weight is 347 g/mol. The summed E-state index contributed by atoms with van der Waals surface area (Å²) in [4.78, 5) is 11.8. The molecule has 1 saturated heterocycles. The van der Waals surface area contributed by atoms with E-state index < -0.39 is 28.1 Å². The van der Waals surface area contributed by atoms with Crippen molar-refractivity contribution in [3.05, 3.63) is 12.4 Å². The van der Waals surface area contributed by atoms with Gasteiger partial charge in [0.25, 0.3) is 0 Å². The molecule has 2 rings (SSSR count). The third kappa shape index (κ3) is 4.56. The topological polar surface area (TPSA) is 115 Å². The molecule has 1 fully saturated rings. The van der Waals surface area contributed by atoms with Gasteiger partial charge in [0.05, 0.1) is 25.2 Å². The van der Waals surface area contributed by atoms with Gasteiger partial charge in [-0.3, -0.25) is 10.00 Å². The maximum Gasteiger partial charge on any atom is 0.422 e. The molecular formula is C12H21N5O5S. The minimum absolute atomic E-state index is 0.143. The SMILES string of the molecule is Cn1cc(N(C2COCN2)S(=O)(=O)NC(=O)OC(C)(C)C)cn1. The summed E-state index contributed by atoms with van der Waals surface area (Å²) in [5.41, 5.74) is -0.514. The lowest BCUT2D eigenvalue weighted by Gasteiger charge is -2.28. The molecule has 23 heavy (non-hydrogen) atoms. The molecule has 1 amide bonds. The van der Waals surface area contributed by atoms with Gasteiger partial charge in [0.2, 0.25) is 0 Å². The van der Waals surface area contributed by atoms with Crippen LogP contribution < -0.4 is 14.3 Å². The summed E-state index contributed by atoms with van der Waals surface area (Å²) in [6.45, 7) is 5.28. The van der Waals surface area contributed by atoms with E-state index in [1.165, 1.54) is 17.1 Å². The van der Waals surface area contributed by atoms with Gasteiger partial charge in [-0.05, 0) is 20.8 Å². The van der Waals surface area contributed by atoms with Gasteiger partial charge in [0.15, 0.2) is 0 Å². The van der Waals surface area contributed by atoms with Gasteiger partial charge < -0.3 is 9.47 Å². The molecule has 1 aliphatic rings. The van der Waals surface area contributed by atoms with Crippen LogP contribution in [0.25, 0.3) is 0 Å². The molecule has 130 valence electrons. The van der Waals surface area contributed by atoms with Crippen LogP contribution in [-0.2, 0) is 26.7 Å². The molecule has 0 aromatic carbocycles. The highest BCUT2D eigenvalue weighted by molar-refractivity contribution is 7.91. The molecule has 1 unspecified atom stereocenters. The Kier molecular flexibility index (Phi) is 4.82. The monoisotopic (exact) mass is 347 g/mol. The van der Waals surface area contributed by atoms with Crippen molar-refractivity contribution >= 4 is 22.0 Å². The lowest BCUT2D eigenvalue weighted by molar-refractivity contribution is 0.0570. The zero-order chi connectivity index (χ0) is 17.3. The van der Waals surface area contributed by atoms with Crippen molar-refractivity contribution in [1.29, 1.82) is 0 Å². The summed E-state index contributed by atoms with van der Waals surface area (Å²) in [5.74, 6) is 0. The molecule has 0 aliphatic carbocycles. The van der Waals surface area contributed by atoms with Gasteiger partial charge in [-0.15, -0.1) is 0 Å². The number of carbonyl (C=O) groups excluding carboxylic acids is 1. The number of rotatable bonds is 4. The first kappa shape index (κ1) is 17.5. The van der Waals surface area contributed by atoms with Crippen LogP contribution in [0.15, 0.2) is 12.4 Å². The molecule has 1 aliphatic heterocycles. The Morgan fingerprint density at radius 3 is 2.74 bits per heavy atom. The Balaban J connectivity index is 2.25. The number of anilines is 1. The maximum atomic E-state index is 12.6. The fourth-order valence-corrected chi connectivity index (χ4v) is 3.19. The van der Waals surface area contributed by atoms with E-state index in [1.807, 2.05) is 4.72 Å². The molecule has 0 spiro atoms. The van der Waals surface area contributed by atoms with Crippen molar-refractivity contribution in [2.75, 3.05) is 17.6 Å². The highest BCUT2D eigenvalue weighted by atomic mass is 32.2. The second kappa shape index (κ2) is 6.34. The zero-order valence-electron chi connectivity index (χ0n) is 13.4. The number of nitrogens with one attached hydrogen (secondary N) is 2. The fourth-order valence-electron chi connectivity index (χ4n) is 2.00. The van der Waals surface area contributed by atoms with E-state index in [2.05, 4.69) is 10.4 Å². The Hall–Kier alpha value is -1.85. The molecule has 11 heteroatoms. The van der Waals surface area contributed by atoms with Gasteiger partial charge in [-0.25, -0.2) is 13.8 Å². The summed E-state index contributed by atoms with van der Waals surface area (Å²) in [5, 5.41) is 6.85. The van der Waals surface area contributed by atoms with Gasteiger partial charge in [-0.2, -0.15) is 13.5 Å². The number of carbonyl (C=O) groups is 1. The average Bonchev–Trinajstić information content (AvgIpc) is 2.98. The highest BCUT2D eigenvalue weighted by Gasteiger charge is 2.35. The number of aryl methyl sites for hydroxylation is 1. The summed E-state index contributed by atoms with van der Waals surface area (Å²) in [7, 11) is -2.54. The van der Waals surface area contributed by atoms with E-state index in [0.29, 0.717) is 5.69 Å². The van der Waals surface area contributed by atoms with Crippen molar-refractivity contribution < 1.29 is 22.7 Å². The molecule has 1 aromatic rings. The van der Waals surface area contributed by atoms with E-state index in [1.54, 1.807) is 27.8 Å². The third-order valence-electron chi connectivity index (χ3n) is 2.80. The molecule has 0 radical (unpaired) electrons. The zero-order valence-corrected chi connectivity index (χ0v) is 14.3. The second-order valence-corrected chi connectivity index (χ2v) is 7.56. The van der Waals surface area contributed by atoms with Crippen LogP contribution in [-0.4, -0.2) is 49.4 Å². The molecule has 10 nitrogen and oxygen atoms in total. The first-order chi connectivity index (χ1) is 10.6. The van der Waals surface area contributed by atoms with E-state index >= 15 is 0 Å². The quantitative estimate of drug-likeness (QED) is 0.781. The van der Waals surface area contributed by atoms with E-state index in [4.69, 9.17) is 9.47 Å². The number of nitrogens with zero attached hydrogens (tertiary/aromatic N) is 3. The van der Waals surface area contributed by atoms with Crippen LogP contribution in [0.2, 0.25) is 0 Å². The number of amides is 1. The van der Waals surface area contributed by atoms with Crippen LogP contribution in [0, 0.1) is 0 Å². The smallest absolute Gasteiger partial charge is 0.422 e. The summed E-state index contributed by atoms with van der Waals surface area (Å²) < 4.78 is 39.7. The number of hydrogen-bond acceptors (Lipinski definition) is 7. The van der Waals surface area contributed by atoms with Crippen molar-refractivity contribution in [3.8, 4) is 0 Å². The van der Waals surface area contributed by atoms with Crippen LogP contribution >= 0.6 is 0 Å². The van der Waals surface area contributed by atoms with Crippen LogP contribution in [0.3, 0.4) is 0 Å². The molecule has 2 heterocycles. The second-order valence-electron chi connectivity index (χ2n) is 6.01. The van der Waals surface area contributed by atoms with Gasteiger partial charge in [0, 0.05) is 13.2 Å². The van der Waals surface area contributed by atoms with E-state index in [-0.39, 0.29) is 13.3 Å². The molecule has 2 N–H and O–H groups in total. The third-order valence-corrected chi connectivity index (χ3v) is 4.20. The highest BCUT2D eigenvalue weighted by Crippen LogP contribution is 2.20. The van der Waals surface area contributed by atoms with E-state index in [9.17, 15) is 13.2 Å². The molecule has 1 atom stereocenters. The molecule has 0 saturated carbocycles. The lowest BCUT2D eigenvalue weighted by Crippen LogP contribution is -2.53. The molecular weight excluding hydrogens is 326 g/mol. The Labute approximate surface area is 134 Å². The fraction of sp³-hybridized carbons (Fsp3) is 0.667. The first-order valence-electron chi connectivity index (χ1n) is 6.93. The standard InChI is InChI=1S/C12H21N5O5S/c1-12(2,3)22-11(18)15-23(19,20)17(10-7-21-8-13-10)9-5-14-16(4)6-9/h5-6,10,13H,7-8H2,1-4H3,(H,15,18). The van der Waals surface area contributed by atoms with Gasteiger partial charge in [0.1, 0.15) is 11.8 Å². The first-order valence-corrected chi connectivity index (χ1v) is 8.37. The molecule has 1 aromatic heterocycles. The molecule has 0 bridgehead atoms. The number of hydrogen-bond donors (Lipinski definition) is 2. The maximum absolute atomic E-state index is 12.6. The Morgan fingerprint density at radius 2 is 2.26 bits per heavy atom. The predicted octanol–water partition coefficient (Wildman–Crippen LogP) is -0.101. The van der Waals surface area contributed by atoms with Crippen molar-refractivity contribution in [1.82, 2.24) is 19.8 Å². The van der Waals surface area contributed by atoms with Gasteiger partial charge in [-0.1, -0.05) is 0 Å². The number of ether oxygens (including phenoxy) is 2. The Bertz CT molecular complexity index is 660. The van der Waals surface area contributed by atoms with E-state index in [0.717, 1.165) is 4.31 Å². The summed E-state index contributed by atoms with van der Waals surface area (Å²) >= 11 is 0. The predicted molar refractivity (Wildman–Crippen MR) is 81.7 cm³/mol. The van der Waals surface area contributed by atoms with Gasteiger partial charge >= 0.3 is 16.3 Å². The lowest BCUT2D eigenvalue weighted by atomic mass is 10.2. The summed E-state index contributed by atoms with van der Waals surface area (Å²) in [6.07, 6.45) is 1.20. The Morgan fingerprint density at radius 1 is 1.57 bits per heavy atom. The van der Waals surface area contributed by atoms with Crippen molar-refractivity contribution in [2.24, 2.45) is 7.05 Å². The normalized spacial score (nSPS) is 18.7. The number of aromatic nitrogens is 2. The minimum atomic E-state index is -4.20.